The molecule has 1 aromatic rings. The van der Waals surface area contributed by atoms with Crippen molar-refractivity contribution in [2.45, 2.75) is 40.2 Å². The van der Waals surface area contributed by atoms with Crippen molar-refractivity contribution in [1.82, 2.24) is 0 Å². The Hall–Kier alpha value is -1.35. The maximum Gasteiger partial charge on any atom is 0.253 e. The predicted octanol–water partition coefficient (Wildman–Crippen LogP) is 3.30. The monoisotopic (exact) mass is 261 g/mol. The van der Waals surface area contributed by atoms with Crippen molar-refractivity contribution in [2.75, 3.05) is 11.9 Å². The molecule has 1 fully saturated rings. The van der Waals surface area contributed by atoms with Crippen molar-refractivity contribution in [3.63, 3.8) is 0 Å². The molecule has 1 heterocycles. The third kappa shape index (κ3) is 2.98. The van der Waals surface area contributed by atoms with Gasteiger partial charge in [-0.3, -0.25) is 4.79 Å². The molecule has 1 aliphatic heterocycles. The molecular formula is C16H23NO2. The lowest BCUT2D eigenvalue weighted by Crippen LogP contribution is -2.34. The zero-order valence-electron chi connectivity index (χ0n) is 12.2. The van der Waals surface area contributed by atoms with E-state index in [1.165, 1.54) is 0 Å². The van der Waals surface area contributed by atoms with Crippen molar-refractivity contribution >= 4 is 11.6 Å². The van der Waals surface area contributed by atoms with Gasteiger partial charge < -0.3 is 10.1 Å². The molecule has 0 aliphatic carbocycles. The first kappa shape index (κ1) is 14.1. The number of anilines is 1. The van der Waals surface area contributed by atoms with E-state index in [9.17, 15) is 4.79 Å². The van der Waals surface area contributed by atoms with E-state index in [0.717, 1.165) is 23.2 Å². The zero-order valence-corrected chi connectivity index (χ0v) is 12.2. The number of rotatable bonds is 3. The number of amides is 1. The molecule has 0 saturated carbocycles. The Bertz CT molecular complexity index is 448. The van der Waals surface area contributed by atoms with Crippen molar-refractivity contribution in [2.24, 2.45) is 11.8 Å². The summed E-state index contributed by atoms with van der Waals surface area (Å²) in [6.45, 7) is 9.01. The van der Waals surface area contributed by atoms with Crippen LogP contribution in [0.3, 0.4) is 0 Å². The van der Waals surface area contributed by atoms with Crippen LogP contribution in [0.25, 0.3) is 0 Å². The fraction of sp³-hybridized carbons (Fsp3) is 0.562. The number of nitrogens with one attached hydrogen (secondary N) is 1. The maximum atomic E-state index is 12.4. The van der Waals surface area contributed by atoms with Crippen molar-refractivity contribution in [1.29, 1.82) is 0 Å². The van der Waals surface area contributed by atoms with Crippen LogP contribution in [0.5, 0.6) is 0 Å². The number of aryl methyl sites for hydroxylation is 2. The lowest BCUT2D eigenvalue weighted by atomic mass is 9.89. The van der Waals surface area contributed by atoms with E-state index < -0.39 is 0 Å². The summed E-state index contributed by atoms with van der Waals surface area (Å²) in [7, 11) is 0. The Kier molecular flexibility index (Phi) is 4.25. The third-order valence-corrected chi connectivity index (χ3v) is 3.98. The van der Waals surface area contributed by atoms with E-state index in [1.807, 2.05) is 32.0 Å². The van der Waals surface area contributed by atoms with Crippen LogP contribution in [-0.4, -0.2) is 18.6 Å². The summed E-state index contributed by atoms with van der Waals surface area (Å²) in [5.74, 6) is 0.786. The van der Waals surface area contributed by atoms with Gasteiger partial charge in [0.1, 0.15) is 6.10 Å². The van der Waals surface area contributed by atoms with Gasteiger partial charge in [0.25, 0.3) is 5.91 Å². The highest BCUT2D eigenvalue weighted by molar-refractivity contribution is 5.95. The second-order valence-corrected chi connectivity index (χ2v) is 5.74. The van der Waals surface area contributed by atoms with Crippen LogP contribution in [0.2, 0.25) is 0 Å². The van der Waals surface area contributed by atoms with Crippen LogP contribution in [0.15, 0.2) is 18.2 Å². The molecule has 2 atom stereocenters. The highest BCUT2D eigenvalue weighted by Gasteiger charge is 2.36. The predicted molar refractivity (Wildman–Crippen MR) is 77.2 cm³/mol. The zero-order chi connectivity index (χ0) is 14.0. The van der Waals surface area contributed by atoms with Gasteiger partial charge in [0.05, 0.1) is 0 Å². The van der Waals surface area contributed by atoms with E-state index in [0.29, 0.717) is 18.4 Å². The number of carbonyl (C=O) groups excluding carboxylic acids is 1. The quantitative estimate of drug-likeness (QED) is 0.906. The van der Waals surface area contributed by atoms with Gasteiger partial charge in [-0.2, -0.15) is 0 Å². The summed E-state index contributed by atoms with van der Waals surface area (Å²) in [4.78, 5) is 12.4. The lowest BCUT2D eigenvalue weighted by Gasteiger charge is -2.22. The van der Waals surface area contributed by atoms with Crippen molar-refractivity contribution in [3.05, 3.63) is 29.3 Å². The Morgan fingerprint density at radius 3 is 2.53 bits per heavy atom. The minimum atomic E-state index is -0.306. The second-order valence-electron chi connectivity index (χ2n) is 5.74. The van der Waals surface area contributed by atoms with Gasteiger partial charge in [-0.15, -0.1) is 0 Å². The van der Waals surface area contributed by atoms with E-state index >= 15 is 0 Å². The largest absolute Gasteiger partial charge is 0.368 e. The molecule has 0 aromatic heterocycles. The highest BCUT2D eigenvalue weighted by Crippen LogP contribution is 2.29. The molecule has 1 aliphatic rings. The summed E-state index contributed by atoms with van der Waals surface area (Å²) in [6.07, 6.45) is 0.668. The average Bonchev–Trinajstić information content (AvgIpc) is 2.83. The molecule has 1 amide bonds. The molecule has 1 saturated heterocycles. The number of para-hydroxylation sites is 1. The number of hydrogen-bond donors (Lipinski definition) is 1. The number of carbonyl (C=O) groups is 1. The minimum absolute atomic E-state index is 0.00593. The molecule has 0 unspecified atom stereocenters. The van der Waals surface area contributed by atoms with Crippen molar-refractivity contribution < 1.29 is 9.53 Å². The van der Waals surface area contributed by atoms with Crippen molar-refractivity contribution in [3.8, 4) is 0 Å². The smallest absolute Gasteiger partial charge is 0.253 e. The van der Waals surface area contributed by atoms with Gasteiger partial charge in [-0.25, -0.2) is 0 Å². The van der Waals surface area contributed by atoms with E-state index in [-0.39, 0.29) is 12.0 Å². The fourth-order valence-electron chi connectivity index (χ4n) is 2.77. The minimum Gasteiger partial charge on any atom is -0.368 e. The summed E-state index contributed by atoms with van der Waals surface area (Å²) >= 11 is 0. The second kappa shape index (κ2) is 5.74. The van der Waals surface area contributed by atoms with E-state index in [1.54, 1.807) is 0 Å². The summed E-state index contributed by atoms with van der Waals surface area (Å²) in [5, 5.41) is 3.04. The lowest BCUT2D eigenvalue weighted by molar-refractivity contribution is -0.127. The van der Waals surface area contributed by atoms with E-state index in [2.05, 4.69) is 19.2 Å². The summed E-state index contributed by atoms with van der Waals surface area (Å²) < 4.78 is 5.63. The molecule has 19 heavy (non-hydrogen) atoms. The Morgan fingerprint density at radius 1 is 1.32 bits per heavy atom. The van der Waals surface area contributed by atoms with Gasteiger partial charge >= 0.3 is 0 Å². The van der Waals surface area contributed by atoms with Crippen LogP contribution < -0.4 is 5.32 Å². The molecule has 1 aromatic carbocycles. The summed E-state index contributed by atoms with van der Waals surface area (Å²) in [6, 6.07) is 6.03. The molecule has 0 radical (unpaired) electrons. The maximum absolute atomic E-state index is 12.4. The van der Waals surface area contributed by atoms with Crippen LogP contribution in [0, 0.1) is 25.7 Å². The van der Waals surface area contributed by atoms with Crippen LogP contribution >= 0.6 is 0 Å². The Balaban J connectivity index is 2.13. The van der Waals surface area contributed by atoms with Gasteiger partial charge in [0.2, 0.25) is 0 Å². The van der Waals surface area contributed by atoms with Crippen LogP contribution in [0.4, 0.5) is 5.69 Å². The summed E-state index contributed by atoms with van der Waals surface area (Å²) in [5.41, 5.74) is 3.10. The third-order valence-electron chi connectivity index (χ3n) is 3.98. The first-order valence-corrected chi connectivity index (χ1v) is 6.99. The molecule has 104 valence electrons. The van der Waals surface area contributed by atoms with Gasteiger partial charge in [0, 0.05) is 12.3 Å². The average molecular weight is 261 g/mol. The van der Waals surface area contributed by atoms with Gasteiger partial charge in [-0.1, -0.05) is 32.0 Å². The van der Waals surface area contributed by atoms with Crippen LogP contribution in [0.1, 0.15) is 31.4 Å². The van der Waals surface area contributed by atoms with E-state index in [4.69, 9.17) is 4.74 Å². The Labute approximate surface area is 115 Å². The number of ether oxygens (including phenoxy) is 1. The molecule has 0 spiro atoms. The standard InChI is InChI=1S/C16H23NO2/c1-10(2)13-8-9-19-15(13)16(18)17-14-11(3)6-5-7-12(14)4/h5-7,10,13,15H,8-9H2,1-4H3,(H,17,18)/t13-,15-/m1/s1. The SMILES string of the molecule is Cc1cccc(C)c1NC(=O)[C@@H]1OCC[C@@H]1C(C)C. The van der Waals surface area contributed by atoms with Gasteiger partial charge in [0.15, 0.2) is 0 Å². The molecule has 1 N–H and O–H groups in total. The first-order chi connectivity index (χ1) is 9.00. The molecule has 3 nitrogen and oxygen atoms in total. The first-order valence-electron chi connectivity index (χ1n) is 6.99. The highest BCUT2D eigenvalue weighted by atomic mass is 16.5. The van der Waals surface area contributed by atoms with Crippen LogP contribution in [-0.2, 0) is 9.53 Å². The molecule has 3 heteroatoms. The molecule has 0 bridgehead atoms. The molecular weight excluding hydrogens is 238 g/mol. The number of benzene rings is 1. The fourth-order valence-corrected chi connectivity index (χ4v) is 2.77. The Morgan fingerprint density at radius 2 is 1.95 bits per heavy atom. The normalized spacial score (nSPS) is 22.8. The molecule has 2 rings (SSSR count). The number of hydrogen-bond acceptors (Lipinski definition) is 2. The van der Waals surface area contributed by atoms with Gasteiger partial charge in [-0.05, 0) is 43.2 Å². The topological polar surface area (TPSA) is 38.3 Å².